The van der Waals surface area contributed by atoms with Gasteiger partial charge in [0, 0.05) is 0 Å². The smallest absolute Gasteiger partial charge is 0.240 e. The van der Waals surface area contributed by atoms with Crippen molar-refractivity contribution in [3.05, 3.63) is 0 Å². The Morgan fingerprint density at radius 1 is 1.54 bits per heavy atom. The van der Waals surface area contributed by atoms with Gasteiger partial charge in [-0.1, -0.05) is 12.8 Å². The maximum Gasteiger partial charge on any atom is 0.240 e. The van der Waals surface area contributed by atoms with Gasteiger partial charge >= 0.3 is 0 Å². The van der Waals surface area contributed by atoms with Crippen molar-refractivity contribution < 1.29 is 9.59 Å². The van der Waals surface area contributed by atoms with E-state index in [9.17, 15) is 9.59 Å². The van der Waals surface area contributed by atoms with Crippen molar-refractivity contribution in [3.8, 4) is 12.3 Å². The molecule has 1 unspecified atom stereocenters. The minimum Gasteiger partial charge on any atom is -0.294 e. The fourth-order valence-electron chi connectivity index (χ4n) is 1.36. The summed E-state index contributed by atoms with van der Waals surface area (Å²) in [6.45, 7) is 2.37. The molecule has 0 aromatic rings. The summed E-state index contributed by atoms with van der Waals surface area (Å²) in [6.07, 6.45) is 6.02. The van der Waals surface area contributed by atoms with Crippen molar-refractivity contribution >= 4 is 11.8 Å². The summed E-state index contributed by atoms with van der Waals surface area (Å²) in [7, 11) is 0. The van der Waals surface area contributed by atoms with Gasteiger partial charge in [-0.15, -0.1) is 6.42 Å². The molecule has 4 heteroatoms. The zero-order valence-corrected chi connectivity index (χ0v) is 7.54. The maximum atomic E-state index is 11.0. The van der Waals surface area contributed by atoms with Gasteiger partial charge in [-0.25, -0.2) is 0 Å². The molecule has 0 aromatic heterocycles. The molecular formula is C9H12N2O2. The summed E-state index contributed by atoms with van der Waals surface area (Å²) < 4.78 is 0. The van der Waals surface area contributed by atoms with Crippen LogP contribution in [-0.2, 0) is 9.59 Å². The van der Waals surface area contributed by atoms with E-state index in [0.29, 0.717) is 0 Å². The molecule has 2 amide bonds. The van der Waals surface area contributed by atoms with Crippen LogP contribution in [0.1, 0.15) is 13.3 Å². The SMILES string of the molecule is C#CC(CC)N1CC(=O)NC(=O)C1. The first-order valence-corrected chi connectivity index (χ1v) is 4.20. The molecule has 1 rings (SSSR count). The van der Waals surface area contributed by atoms with E-state index < -0.39 is 0 Å². The summed E-state index contributed by atoms with van der Waals surface area (Å²) in [5.41, 5.74) is 0. The van der Waals surface area contributed by atoms with Crippen LogP contribution in [0.4, 0.5) is 0 Å². The minimum absolute atomic E-state index is 0.116. The van der Waals surface area contributed by atoms with Gasteiger partial charge in [0.05, 0.1) is 19.1 Å². The first-order valence-electron chi connectivity index (χ1n) is 4.20. The molecule has 4 nitrogen and oxygen atoms in total. The lowest BCUT2D eigenvalue weighted by Gasteiger charge is -2.29. The molecule has 0 spiro atoms. The summed E-state index contributed by atoms with van der Waals surface area (Å²) >= 11 is 0. The number of imide groups is 1. The summed E-state index contributed by atoms with van der Waals surface area (Å²) in [5.74, 6) is 2.01. The molecule has 1 N–H and O–H groups in total. The number of hydrogen-bond donors (Lipinski definition) is 1. The van der Waals surface area contributed by atoms with E-state index in [1.807, 2.05) is 6.92 Å². The molecule has 0 radical (unpaired) electrons. The second kappa shape index (κ2) is 4.06. The van der Waals surface area contributed by atoms with Gasteiger partial charge in [0.25, 0.3) is 0 Å². The van der Waals surface area contributed by atoms with E-state index in [1.54, 1.807) is 4.90 Å². The number of rotatable bonds is 2. The number of carbonyl (C=O) groups excluding carboxylic acids is 2. The Bertz CT molecular complexity index is 251. The molecule has 0 saturated carbocycles. The van der Waals surface area contributed by atoms with Crippen molar-refractivity contribution in [2.24, 2.45) is 0 Å². The average molecular weight is 180 g/mol. The average Bonchev–Trinajstić information content (AvgIpc) is 2.04. The fraction of sp³-hybridized carbons (Fsp3) is 0.556. The lowest BCUT2D eigenvalue weighted by atomic mass is 10.2. The molecule has 0 bridgehead atoms. The summed E-state index contributed by atoms with van der Waals surface area (Å²) in [4.78, 5) is 23.7. The Labute approximate surface area is 77.3 Å². The Kier molecular flexibility index (Phi) is 3.04. The van der Waals surface area contributed by atoms with Crippen LogP contribution in [0.3, 0.4) is 0 Å². The predicted octanol–water partition coefficient (Wildman–Crippen LogP) is -0.643. The molecule has 1 aliphatic rings. The van der Waals surface area contributed by atoms with Gasteiger partial charge in [-0.05, 0) is 6.42 Å². The Morgan fingerprint density at radius 2 is 2.08 bits per heavy atom. The fourth-order valence-corrected chi connectivity index (χ4v) is 1.36. The van der Waals surface area contributed by atoms with E-state index >= 15 is 0 Å². The molecule has 1 heterocycles. The first kappa shape index (κ1) is 9.75. The van der Waals surface area contributed by atoms with Gasteiger partial charge in [-0.3, -0.25) is 19.8 Å². The number of hydrogen-bond acceptors (Lipinski definition) is 3. The van der Waals surface area contributed by atoms with E-state index in [2.05, 4.69) is 11.2 Å². The highest BCUT2D eigenvalue weighted by atomic mass is 16.2. The van der Waals surface area contributed by atoms with Gasteiger partial charge in [0.15, 0.2) is 0 Å². The zero-order valence-electron chi connectivity index (χ0n) is 7.54. The van der Waals surface area contributed by atoms with Gasteiger partial charge in [0.2, 0.25) is 11.8 Å². The van der Waals surface area contributed by atoms with Crippen LogP contribution in [0.5, 0.6) is 0 Å². The third-order valence-electron chi connectivity index (χ3n) is 1.99. The Morgan fingerprint density at radius 3 is 2.46 bits per heavy atom. The topological polar surface area (TPSA) is 49.4 Å². The quantitative estimate of drug-likeness (QED) is 0.454. The third-order valence-corrected chi connectivity index (χ3v) is 1.99. The van der Waals surface area contributed by atoms with Crippen molar-refractivity contribution in [3.63, 3.8) is 0 Å². The summed E-state index contributed by atoms with van der Waals surface area (Å²) in [5, 5.41) is 2.22. The molecule has 1 aliphatic heterocycles. The van der Waals surface area contributed by atoms with Crippen LogP contribution in [0.25, 0.3) is 0 Å². The number of piperazine rings is 1. The van der Waals surface area contributed by atoms with Gasteiger partial charge in [-0.2, -0.15) is 0 Å². The monoisotopic (exact) mass is 180 g/mol. The molecule has 0 aromatic carbocycles. The molecule has 0 aliphatic carbocycles. The molecule has 70 valence electrons. The highest BCUT2D eigenvalue weighted by molar-refractivity contribution is 5.99. The van der Waals surface area contributed by atoms with Crippen LogP contribution in [0, 0.1) is 12.3 Å². The van der Waals surface area contributed by atoms with Gasteiger partial charge in [0.1, 0.15) is 0 Å². The Balaban J connectivity index is 2.65. The predicted molar refractivity (Wildman–Crippen MR) is 47.6 cm³/mol. The summed E-state index contributed by atoms with van der Waals surface area (Å²) in [6, 6.07) is -0.116. The second-order valence-corrected chi connectivity index (χ2v) is 2.97. The lowest BCUT2D eigenvalue weighted by Crippen LogP contribution is -2.54. The first-order chi connectivity index (χ1) is 6.17. The van der Waals surface area contributed by atoms with Crippen molar-refractivity contribution in [1.29, 1.82) is 0 Å². The van der Waals surface area contributed by atoms with E-state index in [-0.39, 0.29) is 30.9 Å². The zero-order chi connectivity index (χ0) is 9.84. The largest absolute Gasteiger partial charge is 0.294 e. The van der Waals surface area contributed by atoms with Crippen LogP contribution in [-0.4, -0.2) is 35.8 Å². The standard InChI is InChI=1S/C9H12N2O2/c1-3-7(4-2)11-5-8(12)10-9(13)6-11/h1,7H,4-6H2,2H3,(H,10,12,13). The normalized spacial score (nSPS) is 20.6. The van der Waals surface area contributed by atoms with E-state index in [1.165, 1.54) is 0 Å². The van der Waals surface area contributed by atoms with Crippen molar-refractivity contribution in [2.45, 2.75) is 19.4 Å². The van der Waals surface area contributed by atoms with Crippen LogP contribution < -0.4 is 5.32 Å². The molecule has 1 fully saturated rings. The number of carbonyl (C=O) groups is 2. The molecule has 13 heavy (non-hydrogen) atoms. The number of nitrogens with zero attached hydrogens (tertiary/aromatic N) is 1. The molecule has 1 atom stereocenters. The van der Waals surface area contributed by atoms with Gasteiger partial charge < -0.3 is 0 Å². The van der Waals surface area contributed by atoms with Crippen LogP contribution in [0.2, 0.25) is 0 Å². The highest BCUT2D eigenvalue weighted by Crippen LogP contribution is 2.04. The van der Waals surface area contributed by atoms with E-state index in [4.69, 9.17) is 6.42 Å². The Hall–Kier alpha value is -1.34. The second-order valence-electron chi connectivity index (χ2n) is 2.97. The molecule has 1 saturated heterocycles. The highest BCUT2D eigenvalue weighted by Gasteiger charge is 2.26. The van der Waals surface area contributed by atoms with Crippen molar-refractivity contribution in [1.82, 2.24) is 10.2 Å². The van der Waals surface area contributed by atoms with Crippen LogP contribution >= 0.6 is 0 Å². The van der Waals surface area contributed by atoms with E-state index in [0.717, 1.165) is 6.42 Å². The lowest BCUT2D eigenvalue weighted by molar-refractivity contribution is -0.136. The number of nitrogens with one attached hydrogen (secondary N) is 1. The number of amides is 2. The minimum atomic E-state index is -0.273. The molecular weight excluding hydrogens is 168 g/mol. The third kappa shape index (κ3) is 2.30. The number of terminal acetylenes is 1. The maximum absolute atomic E-state index is 11.0. The van der Waals surface area contributed by atoms with Crippen LogP contribution in [0.15, 0.2) is 0 Å². The van der Waals surface area contributed by atoms with Crippen molar-refractivity contribution in [2.75, 3.05) is 13.1 Å².